The van der Waals surface area contributed by atoms with Gasteiger partial charge in [-0.05, 0) is 48.4 Å². The van der Waals surface area contributed by atoms with Crippen molar-refractivity contribution in [3.63, 3.8) is 0 Å². The van der Waals surface area contributed by atoms with Crippen LogP contribution < -0.4 is 9.47 Å². The summed E-state index contributed by atoms with van der Waals surface area (Å²) in [5.41, 5.74) is 4.96. The predicted octanol–water partition coefficient (Wildman–Crippen LogP) is 4.96. The number of H-pyrrole nitrogens is 2. The molecule has 2 N–H and O–H groups in total. The third-order valence-corrected chi connectivity index (χ3v) is 6.65. The smallest absolute Gasteiger partial charge is 0.275 e. The molecule has 6 rings (SSSR count). The normalized spacial score (nSPS) is 15.1. The number of furan rings is 1. The van der Waals surface area contributed by atoms with Crippen molar-refractivity contribution in [2.45, 2.75) is 12.5 Å². The molecule has 0 fully saturated rings. The van der Waals surface area contributed by atoms with Gasteiger partial charge in [-0.1, -0.05) is 18.2 Å². The maximum absolute atomic E-state index is 13.6. The van der Waals surface area contributed by atoms with E-state index in [0.717, 1.165) is 33.3 Å². The van der Waals surface area contributed by atoms with Crippen molar-refractivity contribution >= 4 is 16.8 Å². The second kappa shape index (κ2) is 8.39. The number of aromatic amines is 2. The summed E-state index contributed by atoms with van der Waals surface area (Å²) in [7, 11) is 3.30. The summed E-state index contributed by atoms with van der Waals surface area (Å²) in [5.74, 6) is 2.02. The first-order valence-electron chi connectivity index (χ1n) is 11.4. The predicted molar refractivity (Wildman–Crippen MR) is 131 cm³/mol. The van der Waals surface area contributed by atoms with Gasteiger partial charge in [0.1, 0.15) is 17.2 Å². The highest BCUT2D eigenvalue weighted by atomic mass is 16.5. The Kier molecular flexibility index (Phi) is 5.06. The second-order valence-electron chi connectivity index (χ2n) is 8.46. The molecule has 0 unspecified atom stereocenters. The van der Waals surface area contributed by atoms with Crippen molar-refractivity contribution < 1.29 is 18.7 Å². The molecule has 2 aromatic carbocycles. The Balaban J connectivity index is 1.41. The topological polar surface area (TPSA) is 96.4 Å². The standard InChI is InChI=1S/C27H24N4O4/c1-33-17-9-10-20-19(14-17)16(15-28-20)11-12-31-26(18-6-3-4-7-21(18)34-2)23-24(22-8-5-13-35-22)29-30-25(23)27(31)32/h3-10,13-15,26,28H,11-12H2,1-2H3,(H,29,30)/t26-/m1/s1. The zero-order valence-corrected chi connectivity index (χ0v) is 19.4. The third kappa shape index (κ3) is 3.37. The van der Waals surface area contributed by atoms with Gasteiger partial charge in [0, 0.05) is 34.8 Å². The number of nitrogens with zero attached hydrogens (tertiary/aromatic N) is 2. The lowest BCUT2D eigenvalue weighted by atomic mass is 9.97. The number of carbonyl (C=O) groups is 1. The highest BCUT2D eigenvalue weighted by molar-refractivity contribution is 6.00. The van der Waals surface area contributed by atoms with Gasteiger partial charge in [0.15, 0.2) is 11.5 Å². The van der Waals surface area contributed by atoms with Crippen LogP contribution >= 0.6 is 0 Å². The van der Waals surface area contributed by atoms with Crippen LogP contribution in [-0.2, 0) is 6.42 Å². The first-order valence-corrected chi connectivity index (χ1v) is 11.4. The number of hydrogen-bond donors (Lipinski definition) is 2. The summed E-state index contributed by atoms with van der Waals surface area (Å²) < 4.78 is 16.8. The van der Waals surface area contributed by atoms with E-state index < -0.39 is 0 Å². The number of ether oxygens (including phenoxy) is 2. The first-order chi connectivity index (χ1) is 17.2. The summed E-state index contributed by atoms with van der Waals surface area (Å²) in [5, 5.41) is 8.50. The molecular formula is C27H24N4O4. The maximum Gasteiger partial charge on any atom is 0.275 e. The Labute approximate surface area is 201 Å². The summed E-state index contributed by atoms with van der Waals surface area (Å²) >= 11 is 0. The molecule has 8 heteroatoms. The van der Waals surface area contributed by atoms with E-state index >= 15 is 0 Å². The molecule has 0 aliphatic carbocycles. The number of carbonyl (C=O) groups excluding carboxylic acids is 1. The van der Waals surface area contributed by atoms with Gasteiger partial charge >= 0.3 is 0 Å². The summed E-state index contributed by atoms with van der Waals surface area (Å²) in [6.07, 6.45) is 4.27. The average molecular weight is 469 g/mol. The Morgan fingerprint density at radius 2 is 1.97 bits per heavy atom. The van der Waals surface area contributed by atoms with Crippen LogP contribution in [0.1, 0.15) is 33.2 Å². The van der Waals surface area contributed by atoms with Crippen molar-refractivity contribution in [2.75, 3.05) is 20.8 Å². The zero-order chi connectivity index (χ0) is 23.9. The molecule has 1 aliphatic rings. The average Bonchev–Trinajstić information content (AvgIpc) is 3.68. The van der Waals surface area contributed by atoms with Gasteiger partial charge in [0.2, 0.25) is 0 Å². The lowest BCUT2D eigenvalue weighted by molar-refractivity contribution is 0.0744. The van der Waals surface area contributed by atoms with E-state index in [1.54, 1.807) is 20.5 Å². The molecule has 8 nitrogen and oxygen atoms in total. The van der Waals surface area contributed by atoms with E-state index in [-0.39, 0.29) is 11.9 Å². The molecule has 0 saturated carbocycles. The molecule has 35 heavy (non-hydrogen) atoms. The van der Waals surface area contributed by atoms with Crippen LogP contribution in [-0.4, -0.2) is 46.8 Å². The van der Waals surface area contributed by atoms with E-state index in [1.165, 1.54) is 0 Å². The maximum atomic E-state index is 13.6. The number of rotatable bonds is 7. The number of amides is 1. The van der Waals surface area contributed by atoms with E-state index in [1.807, 2.05) is 65.7 Å². The van der Waals surface area contributed by atoms with E-state index in [4.69, 9.17) is 13.9 Å². The highest BCUT2D eigenvalue weighted by Gasteiger charge is 2.43. The minimum absolute atomic E-state index is 0.123. The monoisotopic (exact) mass is 468 g/mol. The van der Waals surface area contributed by atoms with Crippen LogP contribution in [0.4, 0.5) is 0 Å². The van der Waals surface area contributed by atoms with Gasteiger partial charge in [-0.3, -0.25) is 9.89 Å². The van der Waals surface area contributed by atoms with Crippen molar-refractivity contribution in [3.05, 3.63) is 89.4 Å². The van der Waals surface area contributed by atoms with Gasteiger partial charge in [-0.25, -0.2) is 0 Å². The van der Waals surface area contributed by atoms with Crippen LogP contribution in [0.15, 0.2) is 71.5 Å². The number of aromatic nitrogens is 3. The molecule has 0 bridgehead atoms. The molecule has 3 aromatic heterocycles. The molecule has 1 aliphatic heterocycles. The summed E-state index contributed by atoms with van der Waals surface area (Å²) in [4.78, 5) is 18.8. The summed E-state index contributed by atoms with van der Waals surface area (Å²) in [6.45, 7) is 0.500. The van der Waals surface area contributed by atoms with Crippen molar-refractivity contribution in [3.8, 4) is 23.0 Å². The van der Waals surface area contributed by atoms with Crippen molar-refractivity contribution in [1.82, 2.24) is 20.1 Å². The SMILES string of the molecule is COc1ccc2[nH]cc(CCN3C(=O)c4n[nH]c(-c5ccco5)c4[C@H]3c3ccccc3OC)c2c1. The van der Waals surface area contributed by atoms with Crippen LogP contribution in [0.5, 0.6) is 11.5 Å². The lowest BCUT2D eigenvalue weighted by Crippen LogP contribution is -2.31. The van der Waals surface area contributed by atoms with Gasteiger partial charge in [0.25, 0.3) is 5.91 Å². The van der Waals surface area contributed by atoms with Crippen molar-refractivity contribution in [2.24, 2.45) is 0 Å². The summed E-state index contributed by atoms with van der Waals surface area (Å²) in [6, 6.07) is 17.0. The fourth-order valence-corrected chi connectivity index (χ4v) is 4.98. The fraction of sp³-hybridized carbons (Fsp3) is 0.185. The van der Waals surface area contributed by atoms with E-state index in [2.05, 4.69) is 15.2 Å². The molecule has 1 atom stereocenters. The number of methoxy groups -OCH3 is 2. The van der Waals surface area contributed by atoms with Crippen LogP contribution in [0, 0.1) is 0 Å². The molecule has 176 valence electrons. The largest absolute Gasteiger partial charge is 0.497 e. The number of fused-ring (bicyclic) bond motifs is 2. The van der Waals surface area contributed by atoms with Crippen LogP contribution in [0.3, 0.4) is 0 Å². The highest BCUT2D eigenvalue weighted by Crippen LogP contribution is 2.45. The fourth-order valence-electron chi connectivity index (χ4n) is 4.98. The minimum atomic E-state index is -0.368. The van der Waals surface area contributed by atoms with E-state index in [9.17, 15) is 4.79 Å². The number of para-hydroxylation sites is 1. The van der Waals surface area contributed by atoms with Crippen LogP contribution in [0.25, 0.3) is 22.4 Å². The number of nitrogens with one attached hydrogen (secondary N) is 2. The quantitative estimate of drug-likeness (QED) is 0.352. The van der Waals surface area contributed by atoms with Crippen LogP contribution in [0.2, 0.25) is 0 Å². The molecular weight excluding hydrogens is 444 g/mol. The van der Waals surface area contributed by atoms with Crippen molar-refractivity contribution in [1.29, 1.82) is 0 Å². The molecule has 5 aromatic rings. The molecule has 0 radical (unpaired) electrons. The Morgan fingerprint density at radius 3 is 2.77 bits per heavy atom. The molecule has 0 saturated heterocycles. The minimum Gasteiger partial charge on any atom is -0.497 e. The van der Waals surface area contributed by atoms with Gasteiger partial charge in [-0.15, -0.1) is 0 Å². The first kappa shape index (κ1) is 21.1. The Hall–Kier alpha value is -4.46. The number of benzene rings is 2. The zero-order valence-electron chi connectivity index (χ0n) is 19.4. The number of hydrogen-bond acceptors (Lipinski definition) is 5. The van der Waals surface area contributed by atoms with Gasteiger partial charge in [-0.2, -0.15) is 5.10 Å². The third-order valence-electron chi connectivity index (χ3n) is 6.65. The van der Waals surface area contributed by atoms with Gasteiger partial charge in [0.05, 0.1) is 26.5 Å². The molecule has 4 heterocycles. The second-order valence-corrected chi connectivity index (χ2v) is 8.46. The molecule has 1 amide bonds. The van der Waals surface area contributed by atoms with E-state index in [0.29, 0.717) is 35.9 Å². The van der Waals surface area contributed by atoms with Gasteiger partial charge < -0.3 is 23.8 Å². The Morgan fingerprint density at radius 1 is 1.09 bits per heavy atom. The molecule has 0 spiro atoms. The lowest BCUT2D eigenvalue weighted by Gasteiger charge is -2.27. The Bertz CT molecular complexity index is 1520.